The Bertz CT molecular complexity index is 1020. The first kappa shape index (κ1) is 21.9. The van der Waals surface area contributed by atoms with Gasteiger partial charge in [-0.2, -0.15) is 4.31 Å². The van der Waals surface area contributed by atoms with Crippen LogP contribution in [0.25, 0.3) is 0 Å². The first-order chi connectivity index (χ1) is 14.4. The molecule has 9 heteroatoms. The topological polar surface area (TPSA) is 94.2 Å². The molecule has 3 rings (SSSR count). The molecule has 1 N–H and O–H groups in total. The van der Waals surface area contributed by atoms with E-state index in [-0.39, 0.29) is 16.2 Å². The van der Waals surface area contributed by atoms with Crippen molar-refractivity contribution in [3.63, 3.8) is 0 Å². The van der Waals surface area contributed by atoms with Gasteiger partial charge < -0.3 is 19.5 Å². The van der Waals surface area contributed by atoms with Gasteiger partial charge in [-0.1, -0.05) is 6.42 Å². The molecule has 162 valence electrons. The number of nitrogens with one attached hydrogen (secondary N) is 1. The highest BCUT2D eigenvalue weighted by atomic mass is 32.2. The maximum absolute atomic E-state index is 13.2. The normalized spacial score (nSPS) is 14.8. The lowest BCUT2D eigenvalue weighted by molar-refractivity contribution is 0.102. The van der Waals surface area contributed by atoms with Gasteiger partial charge in [0.1, 0.15) is 22.1 Å². The summed E-state index contributed by atoms with van der Waals surface area (Å²) < 4.78 is 43.5. The maximum Gasteiger partial charge on any atom is 0.259 e. The lowest BCUT2D eigenvalue weighted by Gasteiger charge is -2.26. The average Bonchev–Trinajstić information content (AvgIpc) is 2.79. The largest absolute Gasteiger partial charge is 0.497 e. The van der Waals surface area contributed by atoms with Crippen molar-refractivity contribution in [2.45, 2.75) is 24.2 Å². The van der Waals surface area contributed by atoms with E-state index >= 15 is 0 Å². The van der Waals surface area contributed by atoms with Gasteiger partial charge in [0.25, 0.3) is 5.91 Å². The van der Waals surface area contributed by atoms with Crippen LogP contribution in [0.3, 0.4) is 0 Å². The number of carbonyl (C=O) groups is 1. The number of rotatable bonds is 7. The Morgan fingerprint density at radius 1 is 0.900 bits per heavy atom. The van der Waals surface area contributed by atoms with Crippen molar-refractivity contribution >= 4 is 21.6 Å². The van der Waals surface area contributed by atoms with Gasteiger partial charge in [0.15, 0.2) is 0 Å². The molecular weight excluding hydrogens is 408 g/mol. The van der Waals surface area contributed by atoms with E-state index in [4.69, 9.17) is 14.2 Å². The quantitative estimate of drug-likeness (QED) is 0.720. The fraction of sp³-hybridized carbons (Fsp3) is 0.381. The van der Waals surface area contributed by atoms with Crippen LogP contribution in [0.5, 0.6) is 17.2 Å². The summed E-state index contributed by atoms with van der Waals surface area (Å²) in [6, 6.07) is 9.44. The van der Waals surface area contributed by atoms with Crippen molar-refractivity contribution in [3.8, 4) is 17.2 Å². The van der Waals surface area contributed by atoms with Gasteiger partial charge in [-0.05, 0) is 49.2 Å². The highest BCUT2D eigenvalue weighted by molar-refractivity contribution is 7.89. The molecule has 1 aliphatic heterocycles. The van der Waals surface area contributed by atoms with Crippen LogP contribution in [0.4, 0.5) is 5.69 Å². The van der Waals surface area contributed by atoms with Crippen molar-refractivity contribution in [2.24, 2.45) is 0 Å². The molecule has 0 aromatic heterocycles. The monoisotopic (exact) mass is 434 g/mol. The third-order valence-electron chi connectivity index (χ3n) is 5.01. The molecule has 1 aliphatic rings. The van der Waals surface area contributed by atoms with Crippen LogP contribution >= 0.6 is 0 Å². The van der Waals surface area contributed by atoms with Crippen molar-refractivity contribution < 1.29 is 27.4 Å². The summed E-state index contributed by atoms with van der Waals surface area (Å²) in [5, 5.41) is 2.74. The van der Waals surface area contributed by atoms with Gasteiger partial charge in [-0.25, -0.2) is 8.42 Å². The number of piperidine rings is 1. The minimum atomic E-state index is -3.74. The van der Waals surface area contributed by atoms with Crippen LogP contribution in [-0.4, -0.2) is 53.0 Å². The number of hydrogen-bond donors (Lipinski definition) is 1. The molecule has 30 heavy (non-hydrogen) atoms. The zero-order valence-corrected chi connectivity index (χ0v) is 18.1. The zero-order chi connectivity index (χ0) is 21.7. The molecule has 1 saturated heterocycles. The number of anilines is 1. The molecule has 0 atom stereocenters. The summed E-state index contributed by atoms with van der Waals surface area (Å²) >= 11 is 0. The standard InChI is InChI=1S/C21H26N2O6S/c1-27-16-8-10-18(28-2)17(14-16)21(24)22-15-7-9-19(29-3)20(13-15)30(25,26)23-11-5-4-6-12-23/h7-10,13-14H,4-6,11-12H2,1-3H3,(H,22,24). The predicted molar refractivity (Wildman–Crippen MR) is 113 cm³/mol. The Morgan fingerprint density at radius 2 is 1.57 bits per heavy atom. The van der Waals surface area contributed by atoms with Crippen LogP contribution in [-0.2, 0) is 10.0 Å². The number of nitrogens with zero attached hydrogens (tertiary/aromatic N) is 1. The Morgan fingerprint density at radius 3 is 2.20 bits per heavy atom. The molecule has 0 radical (unpaired) electrons. The Balaban J connectivity index is 1.93. The SMILES string of the molecule is COc1ccc(OC)c(C(=O)Nc2ccc(OC)c(S(=O)(=O)N3CCCCC3)c2)c1. The van der Waals surface area contributed by atoms with Gasteiger partial charge in [-0.3, -0.25) is 4.79 Å². The van der Waals surface area contributed by atoms with Crippen molar-refractivity contribution in [2.75, 3.05) is 39.7 Å². The molecule has 2 aromatic carbocycles. The summed E-state index contributed by atoms with van der Waals surface area (Å²) in [6.45, 7) is 0.951. The summed E-state index contributed by atoms with van der Waals surface area (Å²) in [5.74, 6) is 0.668. The smallest absolute Gasteiger partial charge is 0.259 e. The Kier molecular flexibility index (Phi) is 6.84. The molecule has 1 fully saturated rings. The lowest BCUT2D eigenvalue weighted by atomic mass is 10.1. The number of carbonyl (C=O) groups excluding carboxylic acids is 1. The van der Waals surface area contributed by atoms with Crippen molar-refractivity contribution in [3.05, 3.63) is 42.0 Å². The lowest BCUT2D eigenvalue weighted by Crippen LogP contribution is -2.35. The fourth-order valence-electron chi connectivity index (χ4n) is 3.39. The van der Waals surface area contributed by atoms with E-state index in [1.807, 2.05) is 0 Å². The molecule has 1 heterocycles. The van der Waals surface area contributed by atoms with E-state index in [0.29, 0.717) is 30.3 Å². The van der Waals surface area contributed by atoms with Gasteiger partial charge in [0.05, 0.1) is 26.9 Å². The van der Waals surface area contributed by atoms with Crippen LogP contribution < -0.4 is 19.5 Å². The molecule has 8 nitrogen and oxygen atoms in total. The Hall–Kier alpha value is -2.78. The third kappa shape index (κ3) is 4.52. The molecule has 0 unspecified atom stereocenters. The van der Waals surface area contributed by atoms with E-state index in [0.717, 1.165) is 19.3 Å². The number of amides is 1. The highest BCUT2D eigenvalue weighted by Crippen LogP contribution is 2.32. The van der Waals surface area contributed by atoms with Gasteiger partial charge in [0.2, 0.25) is 10.0 Å². The van der Waals surface area contributed by atoms with E-state index < -0.39 is 15.9 Å². The predicted octanol–water partition coefficient (Wildman–Crippen LogP) is 3.14. The van der Waals surface area contributed by atoms with Crippen molar-refractivity contribution in [1.82, 2.24) is 4.31 Å². The van der Waals surface area contributed by atoms with Crippen LogP contribution in [0, 0.1) is 0 Å². The minimum Gasteiger partial charge on any atom is -0.497 e. The zero-order valence-electron chi connectivity index (χ0n) is 17.3. The fourth-order valence-corrected chi connectivity index (χ4v) is 5.09. The summed E-state index contributed by atoms with van der Waals surface area (Å²) in [6.07, 6.45) is 2.67. The molecule has 2 aromatic rings. The maximum atomic E-state index is 13.2. The van der Waals surface area contributed by atoms with Crippen LogP contribution in [0.1, 0.15) is 29.6 Å². The molecular formula is C21H26N2O6S. The number of methoxy groups -OCH3 is 3. The first-order valence-electron chi connectivity index (χ1n) is 9.62. The van der Waals surface area contributed by atoms with Gasteiger partial charge in [-0.15, -0.1) is 0 Å². The van der Waals surface area contributed by atoms with Crippen molar-refractivity contribution in [1.29, 1.82) is 0 Å². The molecule has 0 bridgehead atoms. The number of hydrogen-bond acceptors (Lipinski definition) is 6. The molecule has 1 amide bonds. The molecule has 0 aliphatic carbocycles. The van der Waals surface area contributed by atoms with Gasteiger partial charge >= 0.3 is 0 Å². The number of sulfonamides is 1. The van der Waals surface area contributed by atoms with Gasteiger partial charge in [0, 0.05) is 18.8 Å². The second kappa shape index (κ2) is 9.36. The summed E-state index contributed by atoms with van der Waals surface area (Å²) in [7, 11) is 0.654. The summed E-state index contributed by atoms with van der Waals surface area (Å²) in [5.41, 5.74) is 0.606. The third-order valence-corrected chi connectivity index (χ3v) is 6.93. The number of ether oxygens (including phenoxy) is 3. The molecule has 0 saturated carbocycles. The first-order valence-corrected chi connectivity index (χ1v) is 11.1. The van der Waals surface area contributed by atoms with Crippen LogP contribution in [0.15, 0.2) is 41.3 Å². The van der Waals surface area contributed by atoms with E-state index in [2.05, 4.69) is 5.32 Å². The van der Waals surface area contributed by atoms with Crippen LogP contribution in [0.2, 0.25) is 0 Å². The second-order valence-corrected chi connectivity index (χ2v) is 8.76. The molecule has 0 spiro atoms. The average molecular weight is 435 g/mol. The minimum absolute atomic E-state index is 0.0299. The second-order valence-electron chi connectivity index (χ2n) is 6.85. The summed E-state index contributed by atoms with van der Waals surface area (Å²) in [4.78, 5) is 12.9. The highest BCUT2D eigenvalue weighted by Gasteiger charge is 2.29. The van der Waals surface area contributed by atoms with E-state index in [1.165, 1.54) is 37.8 Å². The Labute approximate surface area is 176 Å². The van der Waals surface area contributed by atoms with E-state index in [9.17, 15) is 13.2 Å². The van der Waals surface area contributed by atoms with E-state index in [1.54, 1.807) is 24.3 Å². The number of benzene rings is 2.